The molecule has 0 fully saturated rings. The average molecular weight is 241 g/mol. The first-order valence-corrected chi connectivity index (χ1v) is 7.39. The van der Waals surface area contributed by atoms with E-state index in [0.29, 0.717) is 18.0 Å². The molecule has 102 valence electrons. The molecule has 0 saturated heterocycles. The third-order valence-electron chi connectivity index (χ3n) is 3.66. The summed E-state index contributed by atoms with van der Waals surface area (Å²) in [7, 11) is 0. The van der Waals surface area contributed by atoms with Crippen molar-refractivity contribution < 1.29 is 4.79 Å². The third kappa shape index (κ3) is 6.09. The summed E-state index contributed by atoms with van der Waals surface area (Å²) in [6, 6.07) is 0.757. The van der Waals surface area contributed by atoms with Gasteiger partial charge in [-0.1, -0.05) is 40.0 Å². The molecule has 0 spiro atoms. The fraction of sp³-hybridized carbons (Fsp3) is 0.933. The molecule has 0 aliphatic heterocycles. The first kappa shape index (κ1) is 16.5. The van der Waals surface area contributed by atoms with E-state index in [1.54, 1.807) is 0 Å². The summed E-state index contributed by atoms with van der Waals surface area (Å²) in [6.07, 6.45) is 7.55. The van der Waals surface area contributed by atoms with E-state index < -0.39 is 0 Å². The predicted molar refractivity (Wildman–Crippen MR) is 75.1 cm³/mol. The van der Waals surface area contributed by atoms with Crippen molar-refractivity contribution in [1.82, 2.24) is 4.90 Å². The first-order valence-electron chi connectivity index (χ1n) is 7.39. The van der Waals surface area contributed by atoms with Gasteiger partial charge in [-0.05, 0) is 33.1 Å². The van der Waals surface area contributed by atoms with E-state index in [1.165, 1.54) is 19.3 Å². The molecule has 0 rings (SSSR count). The van der Waals surface area contributed by atoms with Crippen LogP contribution in [0.25, 0.3) is 0 Å². The van der Waals surface area contributed by atoms with Crippen LogP contribution in [0.1, 0.15) is 79.6 Å². The van der Waals surface area contributed by atoms with Gasteiger partial charge in [0, 0.05) is 18.5 Å². The lowest BCUT2D eigenvalue weighted by atomic mass is 10.1. The van der Waals surface area contributed by atoms with Crippen LogP contribution in [0.4, 0.5) is 0 Å². The lowest BCUT2D eigenvalue weighted by molar-refractivity contribution is -0.135. The van der Waals surface area contributed by atoms with Crippen molar-refractivity contribution >= 4 is 5.91 Å². The molecule has 0 aliphatic rings. The molecule has 0 saturated carbocycles. The fourth-order valence-corrected chi connectivity index (χ4v) is 2.15. The maximum atomic E-state index is 12.2. The lowest BCUT2D eigenvalue weighted by Crippen LogP contribution is -2.44. The van der Waals surface area contributed by atoms with Crippen molar-refractivity contribution in [3.8, 4) is 0 Å². The van der Waals surface area contributed by atoms with Gasteiger partial charge in [0.2, 0.25) is 5.91 Å². The van der Waals surface area contributed by atoms with Crippen molar-refractivity contribution in [2.45, 2.75) is 91.6 Å². The summed E-state index contributed by atoms with van der Waals surface area (Å²) < 4.78 is 0. The van der Waals surface area contributed by atoms with Crippen molar-refractivity contribution in [2.75, 3.05) is 0 Å². The van der Waals surface area contributed by atoms with Gasteiger partial charge in [-0.25, -0.2) is 0 Å². The number of unbranched alkanes of at least 4 members (excludes halogenated alkanes) is 3. The Kier molecular flexibility index (Phi) is 9.20. The van der Waals surface area contributed by atoms with E-state index in [9.17, 15) is 4.79 Å². The summed E-state index contributed by atoms with van der Waals surface area (Å²) >= 11 is 0. The monoisotopic (exact) mass is 241 g/mol. The van der Waals surface area contributed by atoms with E-state index in [0.717, 1.165) is 25.7 Å². The molecule has 0 heterocycles. The number of amides is 1. The van der Waals surface area contributed by atoms with Crippen LogP contribution in [-0.2, 0) is 4.79 Å². The minimum Gasteiger partial charge on any atom is -0.337 e. The molecule has 0 radical (unpaired) electrons. The molecule has 0 aliphatic carbocycles. The second-order valence-electron chi connectivity index (χ2n) is 5.13. The highest BCUT2D eigenvalue weighted by atomic mass is 16.2. The van der Waals surface area contributed by atoms with Crippen molar-refractivity contribution in [3.05, 3.63) is 0 Å². The van der Waals surface area contributed by atoms with Gasteiger partial charge in [0.15, 0.2) is 0 Å². The van der Waals surface area contributed by atoms with Crippen molar-refractivity contribution in [3.63, 3.8) is 0 Å². The summed E-state index contributed by atoms with van der Waals surface area (Å²) in [5, 5.41) is 0. The number of hydrogen-bond acceptors (Lipinski definition) is 1. The summed E-state index contributed by atoms with van der Waals surface area (Å²) in [5.74, 6) is 0.352. The highest BCUT2D eigenvalue weighted by molar-refractivity contribution is 5.76. The molecule has 0 aromatic rings. The van der Waals surface area contributed by atoms with Crippen LogP contribution in [-0.4, -0.2) is 22.9 Å². The van der Waals surface area contributed by atoms with Gasteiger partial charge in [0.05, 0.1) is 0 Å². The van der Waals surface area contributed by atoms with Crippen LogP contribution in [0.5, 0.6) is 0 Å². The Labute approximate surface area is 108 Å². The SMILES string of the molecule is CCCCCCC(=O)N([C@H](C)CC)[C@H](C)CC. The molecule has 2 nitrogen and oxygen atoms in total. The Balaban J connectivity index is 4.23. The number of rotatable bonds is 9. The zero-order valence-electron chi connectivity index (χ0n) is 12.5. The Morgan fingerprint density at radius 2 is 1.47 bits per heavy atom. The van der Waals surface area contributed by atoms with E-state index in [1.807, 2.05) is 0 Å². The molecule has 0 N–H and O–H groups in total. The summed E-state index contributed by atoms with van der Waals surface area (Å²) in [4.78, 5) is 14.3. The molecule has 2 atom stereocenters. The zero-order valence-corrected chi connectivity index (χ0v) is 12.5. The molecule has 0 aromatic heterocycles. The van der Waals surface area contributed by atoms with Crippen molar-refractivity contribution in [2.24, 2.45) is 0 Å². The number of carbonyl (C=O) groups is 1. The Morgan fingerprint density at radius 1 is 0.941 bits per heavy atom. The summed E-state index contributed by atoms with van der Waals surface area (Å²) in [6.45, 7) is 10.8. The largest absolute Gasteiger partial charge is 0.337 e. The lowest BCUT2D eigenvalue weighted by Gasteiger charge is -2.34. The number of hydrogen-bond donors (Lipinski definition) is 0. The van der Waals surface area contributed by atoms with Crippen LogP contribution < -0.4 is 0 Å². The smallest absolute Gasteiger partial charge is 0.223 e. The van der Waals surface area contributed by atoms with E-state index in [4.69, 9.17) is 0 Å². The fourth-order valence-electron chi connectivity index (χ4n) is 2.15. The maximum Gasteiger partial charge on any atom is 0.223 e. The number of carbonyl (C=O) groups excluding carboxylic acids is 1. The van der Waals surface area contributed by atoms with Gasteiger partial charge in [0.1, 0.15) is 0 Å². The molecular weight excluding hydrogens is 210 g/mol. The van der Waals surface area contributed by atoms with Crippen LogP contribution >= 0.6 is 0 Å². The minimum absolute atomic E-state index is 0.352. The highest BCUT2D eigenvalue weighted by Gasteiger charge is 2.22. The van der Waals surface area contributed by atoms with E-state index in [-0.39, 0.29) is 0 Å². The van der Waals surface area contributed by atoms with Crippen LogP contribution in [0.3, 0.4) is 0 Å². The molecular formula is C15H31NO. The van der Waals surface area contributed by atoms with Gasteiger partial charge in [0.25, 0.3) is 0 Å². The standard InChI is InChI=1S/C15H31NO/c1-6-9-10-11-12-15(17)16(13(4)7-2)14(5)8-3/h13-14H,6-12H2,1-5H3/t13-,14-/m1/s1. The summed E-state index contributed by atoms with van der Waals surface area (Å²) in [5.41, 5.74) is 0. The van der Waals surface area contributed by atoms with E-state index >= 15 is 0 Å². The maximum absolute atomic E-state index is 12.2. The highest BCUT2D eigenvalue weighted by Crippen LogP contribution is 2.15. The molecule has 0 bridgehead atoms. The van der Waals surface area contributed by atoms with Crippen LogP contribution in [0, 0.1) is 0 Å². The van der Waals surface area contributed by atoms with Crippen LogP contribution in [0.15, 0.2) is 0 Å². The molecule has 2 heteroatoms. The Hall–Kier alpha value is -0.530. The normalized spacial score (nSPS) is 14.4. The van der Waals surface area contributed by atoms with Gasteiger partial charge < -0.3 is 4.90 Å². The van der Waals surface area contributed by atoms with Gasteiger partial charge in [-0.3, -0.25) is 4.79 Å². The van der Waals surface area contributed by atoms with E-state index in [2.05, 4.69) is 39.5 Å². The second kappa shape index (κ2) is 9.49. The first-order chi connectivity index (χ1) is 8.08. The average Bonchev–Trinajstić information content (AvgIpc) is 2.34. The second-order valence-corrected chi connectivity index (χ2v) is 5.13. The number of nitrogens with zero attached hydrogens (tertiary/aromatic N) is 1. The molecule has 0 unspecified atom stereocenters. The van der Waals surface area contributed by atoms with Gasteiger partial charge >= 0.3 is 0 Å². The molecule has 1 amide bonds. The zero-order chi connectivity index (χ0) is 13.3. The topological polar surface area (TPSA) is 20.3 Å². The third-order valence-corrected chi connectivity index (χ3v) is 3.66. The minimum atomic E-state index is 0.352. The Bertz CT molecular complexity index is 193. The predicted octanol–water partition coefficient (Wildman–Crippen LogP) is 4.38. The Morgan fingerprint density at radius 3 is 1.88 bits per heavy atom. The van der Waals surface area contributed by atoms with Gasteiger partial charge in [-0.15, -0.1) is 0 Å². The molecule has 17 heavy (non-hydrogen) atoms. The van der Waals surface area contributed by atoms with Crippen LogP contribution in [0.2, 0.25) is 0 Å². The molecule has 0 aromatic carbocycles. The van der Waals surface area contributed by atoms with Gasteiger partial charge in [-0.2, -0.15) is 0 Å². The van der Waals surface area contributed by atoms with Crippen molar-refractivity contribution in [1.29, 1.82) is 0 Å². The quantitative estimate of drug-likeness (QED) is 0.548.